The zero-order valence-corrected chi connectivity index (χ0v) is 12.7. The first-order chi connectivity index (χ1) is 10.3. The Morgan fingerprint density at radius 3 is 2.55 bits per heavy atom. The van der Waals surface area contributed by atoms with Crippen molar-refractivity contribution in [3.05, 3.63) is 33.2 Å². The van der Waals surface area contributed by atoms with Crippen molar-refractivity contribution >= 4 is 5.91 Å². The molecular formula is C15H20F2N2O3. The number of pyridine rings is 1. The number of hydrogen-bond donors (Lipinski definition) is 2. The van der Waals surface area contributed by atoms with Crippen LogP contribution in [0.15, 0.2) is 10.9 Å². The molecule has 0 bridgehead atoms. The van der Waals surface area contributed by atoms with Gasteiger partial charge in [0.25, 0.3) is 17.9 Å². The third kappa shape index (κ3) is 3.04. The Labute approximate surface area is 127 Å². The molecule has 0 unspecified atom stereocenters. The monoisotopic (exact) mass is 314 g/mol. The molecule has 2 heterocycles. The Kier molecular flexibility index (Phi) is 4.65. The zero-order chi connectivity index (χ0) is 16.5. The highest BCUT2D eigenvalue weighted by Crippen LogP contribution is 2.29. The molecule has 1 aliphatic heterocycles. The number of halogens is 2. The fourth-order valence-corrected chi connectivity index (χ4v) is 2.68. The number of nitrogens with one attached hydrogen (secondary N) is 1. The maximum absolute atomic E-state index is 12.7. The molecule has 1 amide bonds. The predicted molar refractivity (Wildman–Crippen MR) is 77.3 cm³/mol. The lowest BCUT2D eigenvalue weighted by molar-refractivity contribution is -0.122. The van der Waals surface area contributed by atoms with Gasteiger partial charge < -0.3 is 15.0 Å². The molecule has 0 aliphatic carbocycles. The fourth-order valence-electron chi connectivity index (χ4n) is 2.68. The third-order valence-electron chi connectivity index (χ3n) is 4.25. The molecule has 1 fully saturated rings. The number of likely N-dealkylation sites (tertiary alicyclic amines) is 1. The van der Waals surface area contributed by atoms with E-state index in [1.807, 2.05) is 6.92 Å². The highest BCUT2D eigenvalue weighted by atomic mass is 19.3. The lowest BCUT2D eigenvalue weighted by Crippen LogP contribution is -2.51. The van der Waals surface area contributed by atoms with Crippen LogP contribution in [-0.2, 0) is 6.42 Å². The number of aromatic nitrogens is 1. The standard InChI is InChI=1S/C15H20F2N2O3/c1-3-11-9(2)8-10(12(20)18-11)13(21)19-6-4-15(22,5-7-19)14(16)17/h8,14,22H,3-7H2,1-2H3,(H,18,20). The molecule has 2 rings (SSSR count). The minimum Gasteiger partial charge on any atom is -0.384 e. The van der Waals surface area contributed by atoms with Crippen LogP contribution in [0.4, 0.5) is 8.78 Å². The van der Waals surface area contributed by atoms with Crippen LogP contribution in [0, 0.1) is 6.92 Å². The maximum atomic E-state index is 12.7. The molecule has 0 spiro atoms. The Balaban J connectivity index is 2.17. The molecule has 22 heavy (non-hydrogen) atoms. The second-order valence-electron chi connectivity index (χ2n) is 5.72. The van der Waals surface area contributed by atoms with Crippen molar-refractivity contribution in [1.29, 1.82) is 0 Å². The number of piperidine rings is 1. The number of H-pyrrole nitrogens is 1. The van der Waals surface area contributed by atoms with Crippen LogP contribution in [-0.4, -0.2) is 46.0 Å². The van der Waals surface area contributed by atoms with Gasteiger partial charge in [-0.1, -0.05) is 6.92 Å². The van der Waals surface area contributed by atoms with E-state index in [4.69, 9.17) is 0 Å². The summed E-state index contributed by atoms with van der Waals surface area (Å²) in [6.45, 7) is 3.72. The van der Waals surface area contributed by atoms with Gasteiger partial charge in [0.05, 0.1) is 0 Å². The Hall–Kier alpha value is -1.76. The van der Waals surface area contributed by atoms with E-state index in [0.717, 1.165) is 11.3 Å². The average Bonchev–Trinajstić information content (AvgIpc) is 2.49. The van der Waals surface area contributed by atoms with Crippen molar-refractivity contribution in [1.82, 2.24) is 9.88 Å². The Bertz CT molecular complexity index is 620. The van der Waals surface area contributed by atoms with Gasteiger partial charge in [0.1, 0.15) is 11.2 Å². The summed E-state index contributed by atoms with van der Waals surface area (Å²) >= 11 is 0. The SMILES string of the molecule is CCc1[nH]c(=O)c(C(=O)N2CCC(O)(C(F)F)CC2)cc1C. The van der Waals surface area contributed by atoms with E-state index >= 15 is 0 Å². The minimum atomic E-state index is -2.83. The first kappa shape index (κ1) is 16.6. The van der Waals surface area contributed by atoms with Gasteiger partial charge in [-0.25, -0.2) is 8.78 Å². The van der Waals surface area contributed by atoms with Crippen LogP contribution >= 0.6 is 0 Å². The number of hydrogen-bond acceptors (Lipinski definition) is 3. The van der Waals surface area contributed by atoms with Crippen molar-refractivity contribution in [2.45, 2.75) is 45.1 Å². The maximum Gasteiger partial charge on any atom is 0.266 e. The summed E-state index contributed by atoms with van der Waals surface area (Å²) in [5.41, 5.74) is -0.913. The van der Waals surface area contributed by atoms with E-state index in [1.54, 1.807) is 6.92 Å². The number of alkyl halides is 2. The lowest BCUT2D eigenvalue weighted by Gasteiger charge is -2.37. The second-order valence-corrected chi connectivity index (χ2v) is 5.72. The number of nitrogens with zero attached hydrogens (tertiary/aromatic N) is 1. The van der Waals surface area contributed by atoms with Crippen LogP contribution in [0.3, 0.4) is 0 Å². The van der Waals surface area contributed by atoms with Crippen LogP contribution in [0.2, 0.25) is 0 Å². The molecule has 0 radical (unpaired) electrons. The number of carbonyl (C=O) groups is 1. The fraction of sp³-hybridized carbons (Fsp3) is 0.600. The summed E-state index contributed by atoms with van der Waals surface area (Å²) < 4.78 is 25.5. The van der Waals surface area contributed by atoms with Crippen LogP contribution in [0.1, 0.15) is 41.4 Å². The summed E-state index contributed by atoms with van der Waals surface area (Å²) in [7, 11) is 0. The van der Waals surface area contributed by atoms with Crippen LogP contribution < -0.4 is 5.56 Å². The number of carbonyl (C=O) groups excluding carboxylic acids is 1. The van der Waals surface area contributed by atoms with E-state index in [1.165, 1.54) is 11.0 Å². The molecule has 5 nitrogen and oxygen atoms in total. The Morgan fingerprint density at radius 1 is 1.45 bits per heavy atom. The van der Waals surface area contributed by atoms with Crippen molar-refractivity contribution in [2.24, 2.45) is 0 Å². The first-order valence-corrected chi connectivity index (χ1v) is 7.31. The summed E-state index contributed by atoms with van der Waals surface area (Å²) in [6.07, 6.45) is -2.57. The lowest BCUT2D eigenvalue weighted by atomic mass is 9.91. The topological polar surface area (TPSA) is 73.4 Å². The van der Waals surface area contributed by atoms with Crippen molar-refractivity contribution < 1.29 is 18.7 Å². The number of aromatic amines is 1. The van der Waals surface area contributed by atoms with Gasteiger partial charge in [-0.15, -0.1) is 0 Å². The zero-order valence-electron chi connectivity index (χ0n) is 12.7. The van der Waals surface area contributed by atoms with Gasteiger partial charge >= 0.3 is 0 Å². The highest BCUT2D eigenvalue weighted by Gasteiger charge is 2.41. The summed E-state index contributed by atoms with van der Waals surface area (Å²) in [6, 6.07) is 1.54. The molecule has 1 aliphatic rings. The van der Waals surface area contributed by atoms with Gasteiger partial charge in [0.2, 0.25) is 0 Å². The predicted octanol–water partition coefficient (Wildman–Crippen LogP) is 1.48. The van der Waals surface area contributed by atoms with Gasteiger partial charge in [0, 0.05) is 18.8 Å². The van der Waals surface area contributed by atoms with Crippen molar-refractivity contribution in [2.75, 3.05) is 13.1 Å². The largest absolute Gasteiger partial charge is 0.384 e. The molecule has 0 saturated carbocycles. The summed E-state index contributed by atoms with van der Waals surface area (Å²) in [4.78, 5) is 28.4. The van der Waals surface area contributed by atoms with Gasteiger partial charge in [0.15, 0.2) is 0 Å². The summed E-state index contributed by atoms with van der Waals surface area (Å²) in [5, 5.41) is 9.73. The Morgan fingerprint density at radius 2 is 2.05 bits per heavy atom. The van der Waals surface area contributed by atoms with E-state index in [0.29, 0.717) is 6.42 Å². The van der Waals surface area contributed by atoms with Crippen molar-refractivity contribution in [3.8, 4) is 0 Å². The first-order valence-electron chi connectivity index (χ1n) is 7.31. The number of aliphatic hydroxyl groups is 1. The molecule has 1 saturated heterocycles. The van der Waals surface area contributed by atoms with E-state index in [-0.39, 0.29) is 31.5 Å². The van der Waals surface area contributed by atoms with E-state index in [2.05, 4.69) is 4.98 Å². The minimum absolute atomic E-state index is 0.00763. The number of amides is 1. The normalized spacial score (nSPS) is 17.8. The quantitative estimate of drug-likeness (QED) is 0.887. The molecule has 0 atom stereocenters. The van der Waals surface area contributed by atoms with Crippen LogP contribution in [0.25, 0.3) is 0 Å². The van der Waals surface area contributed by atoms with E-state index < -0.39 is 23.5 Å². The highest BCUT2D eigenvalue weighted by molar-refractivity contribution is 5.94. The molecule has 2 N–H and O–H groups in total. The number of aryl methyl sites for hydroxylation is 2. The smallest absolute Gasteiger partial charge is 0.266 e. The molecule has 1 aromatic heterocycles. The molecule has 0 aromatic carbocycles. The van der Waals surface area contributed by atoms with Gasteiger partial charge in [-0.3, -0.25) is 9.59 Å². The molecule has 1 aromatic rings. The summed E-state index contributed by atoms with van der Waals surface area (Å²) in [5.74, 6) is -0.483. The van der Waals surface area contributed by atoms with Crippen molar-refractivity contribution in [3.63, 3.8) is 0 Å². The van der Waals surface area contributed by atoms with Gasteiger partial charge in [-0.2, -0.15) is 0 Å². The van der Waals surface area contributed by atoms with Crippen LogP contribution in [0.5, 0.6) is 0 Å². The third-order valence-corrected chi connectivity index (χ3v) is 4.25. The molecule has 122 valence electrons. The number of rotatable bonds is 3. The second kappa shape index (κ2) is 6.16. The van der Waals surface area contributed by atoms with Gasteiger partial charge in [-0.05, 0) is 37.8 Å². The average molecular weight is 314 g/mol. The molecule has 7 heteroatoms. The molecular weight excluding hydrogens is 294 g/mol. The van der Waals surface area contributed by atoms with E-state index in [9.17, 15) is 23.5 Å².